The number of benzene rings is 2. The molecule has 0 N–H and O–H groups in total. The molecule has 0 bridgehead atoms. The first-order valence-electron chi connectivity index (χ1n) is 12.3. The predicted molar refractivity (Wildman–Crippen MR) is 149 cm³/mol. The van der Waals surface area contributed by atoms with Crippen LogP contribution in [0, 0.1) is 0 Å². The Morgan fingerprint density at radius 2 is 1.84 bits per heavy atom. The van der Waals surface area contributed by atoms with E-state index >= 15 is 0 Å². The average molecular weight is 551 g/mol. The van der Waals surface area contributed by atoms with Gasteiger partial charge in [-0.1, -0.05) is 24.3 Å². The number of carbonyl (C=O) groups is 2. The van der Waals surface area contributed by atoms with Crippen LogP contribution >= 0.6 is 22.9 Å². The standard InChI is InChI=1S/C29H27ClN2O5S/c1-4-37-29(34)26-20(15-30)31-27-25(24(26)18-10-11-21(35-2)22(14-18)36-3)19-12-13-32(16-23(19)38-27)28(33)17-8-6-5-7-9-17/h5-11,14H,4,12-13,15-16H2,1-3H3. The molecule has 0 saturated carbocycles. The molecule has 0 aliphatic carbocycles. The number of fused-ring (bicyclic) bond motifs is 3. The van der Waals surface area contributed by atoms with Gasteiger partial charge in [0.1, 0.15) is 4.83 Å². The molecule has 0 atom stereocenters. The van der Waals surface area contributed by atoms with E-state index in [1.165, 1.54) is 11.3 Å². The fraction of sp³-hybridized carbons (Fsp3) is 0.276. The summed E-state index contributed by atoms with van der Waals surface area (Å²) < 4.78 is 16.5. The van der Waals surface area contributed by atoms with Crippen LogP contribution in [0.4, 0.5) is 0 Å². The highest BCUT2D eigenvalue weighted by Gasteiger charge is 2.31. The molecule has 1 aliphatic rings. The van der Waals surface area contributed by atoms with Gasteiger partial charge in [-0.05, 0) is 48.7 Å². The van der Waals surface area contributed by atoms with Gasteiger partial charge in [-0.3, -0.25) is 4.79 Å². The van der Waals surface area contributed by atoms with Gasteiger partial charge in [0.05, 0.1) is 44.5 Å². The fourth-order valence-electron chi connectivity index (χ4n) is 4.91. The zero-order valence-electron chi connectivity index (χ0n) is 21.4. The van der Waals surface area contributed by atoms with Crippen molar-refractivity contribution in [2.45, 2.75) is 25.8 Å². The van der Waals surface area contributed by atoms with Crippen LogP contribution < -0.4 is 9.47 Å². The van der Waals surface area contributed by atoms with Crippen LogP contribution in [0.3, 0.4) is 0 Å². The lowest BCUT2D eigenvalue weighted by Crippen LogP contribution is -2.35. The Kier molecular flexibility index (Phi) is 7.53. The highest BCUT2D eigenvalue weighted by atomic mass is 35.5. The van der Waals surface area contributed by atoms with Gasteiger partial charge in [0.25, 0.3) is 5.91 Å². The summed E-state index contributed by atoms with van der Waals surface area (Å²) in [6, 6.07) is 14.9. The van der Waals surface area contributed by atoms with Gasteiger partial charge >= 0.3 is 5.97 Å². The van der Waals surface area contributed by atoms with E-state index in [4.69, 9.17) is 30.8 Å². The lowest BCUT2D eigenvalue weighted by molar-refractivity contribution is 0.0525. The first-order chi connectivity index (χ1) is 18.5. The average Bonchev–Trinajstić information content (AvgIpc) is 3.33. The van der Waals surface area contributed by atoms with E-state index in [-0.39, 0.29) is 18.4 Å². The molecule has 9 heteroatoms. The number of carbonyl (C=O) groups excluding carboxylic acids is 2. The number of pyridine rings is 1. The molecule has 2 aromatic carbocycles. The number of methoxy groups -OCH3 is 2. The fourth-order valence-corrected chi connectivity index (χ4v) is 6.37. The number of nitrogens with zero attached hydrogens (tertiary/aromatic N) is 2. The number of aromatic nitrogens is 1. The van der Waals surface area contributed by atoms with Crippen LogP contribution in [-0.2, 0) is 23.6 Å². The zero-order chi connectivity index (χ0) is 26.8. The molecule has 5 rings (SSSR count). The second kappa shape index (κ2) is 11.0. The van der Waals surface area contributed by atoms with Gasteiger partial charge in [-0.25, -0.2) is 9.78 Å². The van der Waals surface area contributed by atoms with Gasteiger partial charge in [0.15, 0.2) is 11.5 Å². The van der Waals surface area contributed by atoms with Crippen molar-refractivity contribution in [1.29, 1.82) is 0 Å². The third kappa shape index (κ3) is 4.59. The second-order valence-electron chi connectivity index (χ2n) is 8.76. The van der Waals surface area contributed by atoms with Crippen LogP contribution in [0.25, 0.3) is 21.3 Å². The number of ether oxygens (including phenoxy) is 3. The molecular weight excluding hydrogens is 524 g/mol. The molecule has 1 aliphatic heterocycles. The van der Waals surface area contributed by atoms with Crippen molar-refractivity contribution in [1.82, 2.24) is 9.88 Å². The van der Waals surface area contributed by atoms with Gasteiger partial charge < -0.3 is 19.1 Å². The topological polar surface area (TPSA) is 78.0 Å². The molecule has 7 nitrogen and oxygen atoms in total. The van der Waals surface area contributed by atoms with E-state index < -0.39 is 5.97 Å². The van der Waals surface area contributed by atoms with Gasteiger partial charge in [0, 0.05) is 27.9 Å². The van der Waals surface area contributed by atoms with Crippen LogP contribution in [0.2, 0.25) is 0 Å². The summed E-state index contributed by atoms with van der Waals surface area (Å²) >= 11 is 7.87. The lowest BCUT2D eigenvalue weighted by atomic mass is 9.91. The maximum atomic E-state index is 13.3. The number of esters is 1. The van der Waals surface area contributed by atoms with Crippen molar-refractivity contribution in [3.8, 4) is 22.6 Å². The van der Waals surface area contributed by atoms with Crippen LogP contribution in [-0.4, -0.2) is 49.1 Å². The van der Waals surface area contributed by atoms with E-state index in [9.17, 15) is 9.59 Å². The number of amides is 1. The SMILES string of the molecule is CCOC(=O)c1c(CCl)nc2sc3c(c2c1-c1ccc(OC)c(OC)c1)CCN(C(=O)c1ccccc1)C3. The van der Waals surface area contributed by atoms with Crippen molar-refractivity contribution in [3.05, 3.63) is 75.8 Å². The molecule has 0 radical (unpaired) electrons. The normalized spacial score (nSPS) is 12.8. The van der Waals surface area contributed by atoms with Crippen molar-refractivity contribution in [2.24, 2.45) is 0 Å². The number of hydrogen-bond acceptors (Lipinski definition) is 7. The quantitative estimate of drug-likeness (QED) is 0.204. The number of halogens is 1. The van der Waals surface area contributed by atoms with Gasteiger partial charge in [-0.2, -0.15) is 0 Å². The molecule has 4 aromatic rings. The first kappa shape index (κ1) is 26.0. The number of thiophene rings is 1. The Bertz CT molecular complexity index is 1520. The molecule has 0 fully saturated rings. The summed E-state index contributed by atoms with van der Waals surface area (Å²) in [6.07, 6.45) is 0.637. The molecule has 0 saturated heterocycles. The van der Waals surface area contributed by atoms with Gasteiger partial charge in [0.2, 0.25) is 0 Å². The minimum absolute atomic E-state index is 0.00422. The van der Waals surface area contributed by atoms with Gasteiger partial charge in [-0.15, -0.1) is 22.9 Å². The van der Waals surface area contributed by atoms with Crippen molar-refractivity contribution >= 4 is 45.0 Å². The number of alkyl halides is 1. The predicted octanol–water partition coefficient (Wildman–Crippen LogP) is 6.09. The van der Waals surface area contributed by atoms with E-state index in [0.29, 0.717) is 53.4 Å². The monoisotopic (exact) mass is 550 g/mol. The first-order valence-corrected chi connectivity index (χ1v) is 13.6. The molecule has 0 spiro atoms. The summed E-state index contributed by atoms with van der Waals surface area (Å²) in [5.41, 5.74) is 4.04. The summed E-state index contributed by atoms with van der Waals surface area (Å²) in [7, 11) is 3.15. The Hall–Kier alpha value is -3.62. The van der Waals surface area contributed by atoms with Crippen molar-refractivity contribution in [2.75, 3.05) is 27.4 Å². The smallest absolute Gasteiger partial charge is 0.340 e. The maximum Gasteiger partial charge on any atom is 0.340 e. The van der Waals surface area contributed by atoms with Crippen molar-refractivity contribution < 1.29 is 23.8 Å². The zero-order valence-corrected chi connectivity index (χ0v) is 22.9. The minimum Gasteiger partial charge on any atom is -0.493 e. The molecular formula is C29H27ClN2O5S. The van der Waals surface area contributed by atoms with Crippen LogP contribution in [0.15, 0.2) is 48.5 Å². The van der Waals surface area contributed by atoms with Crippen LogP contribution in [0.1, 0.15) is 43.8 Å². The Morgan fingerprint density at radius 3 is 2.53 bits per heavy atom. The molecule has 2 aromatic heterocycles. The summed E-state index contributed by atoms with van der Waals surface area (Å²) in [5.74, 6) is 0.695. The van der Waals surface area contributed by atoms with E-state index in [1.807, 2.05) is 53.4 Å². The highest BCUT2D eigenvalue weighted by molar-refractivity contribution is 7.19. The maximum absolute atomic E-state index is 13.3. The highest BCUT2D eigenvalue weighted by Crippen LogP contribution is 2.44. The summed E-state index contributed by atoms with van der Waals surface area (Å²) in [5, 5.41) is 0.890. The largest absolute Gasteiger partial charge is 0.493 e. The van der Waals surface area contributed by atoms with E-state index in [0.717, 1.165) is 26.2 Å². The summed E-state index contributed by atoms with van der Waals surface area (Å²) in [6.45, 7) is 3.03. The van der Waals surface area contributed by atoms with Crippen LogP contribution in [0.5, 0.6) is 11.5 Å². The Balaban J connectivity index is 1.71. The lowest BCUT2D eigenvalue weighted by Gasteiger charge is -2.27. The Morgan fingerprint density at radius 1 is 1.08 bits per heavy atom. The molecule has 1 amide bonds. The summed E-state index contributed by atoms with van der Waals surface area (Å²) in [4.78, 5) is 35.0. The molecule has 3 heterocycles. The minimum atomic E-state index is -0.473. The number of hydrogen-bond donors (Lipinski definition) is 0. The molecule has 196 valence electrons. The Labute approximate surface area is 229 Å². The van der Waals surface area contributed by atoms with E-state index in [2.05, 4.69) is 0 Å². The third-order valence-corrected chi connectivity index (χ3v) is 8.01. The second-order valence-corrected chi connectivity index (χ2v) is 10.1. The number of rotatable bonds is 7. The third-order valence-electron chi connectivity index (χ3n) is 6.65. The molecule has 38 heavy (non-hydrogen) atoms. The van der Waals surface area contributed by atoms with Crippen molar-refractivity contribution in [3.63, 3.8) is 0 Å². The van der Waals surface area contributed by atoms with E-state index in [1.54, 1.807) is 21.1 Å². The molecule has 0 unspecified atom stereocenters.